The molecule has 1 saturated heterocycles. The van der Waals surface area contributed by atoms with Crippen LogP contribution in [0.5, 0.6) is 0 Å². The monoisotopic (exact) mass is 374 g/mol. The fourth-order valence-electron chi connectivity index (χ4n) is 3.19. The number of hydrogen-bond donors (Lipinski definition) is 1. The van der Waals surface area contributed by atoms with Crippen LogP contribution in [0.25, 0.3) is 10.2 Å². The minimum absolute atomic E-state index is 0.00258. The smallest absolute Gasteiger partial charge is 0.229 e. The number of rotatable bonds is 3. The SMILES string of the molecule is Cc1sc2ncnc(N3CCC(C(=O)Nc4nncs4)CC3)c2c1C. The average molecular weight is 374 g/mol. The largest absolute Gasteiger partial charge is 0.356 e. The zero-order valence-corrected chi connectivity index (χ0v) is 15.7. The maximum absolute atomic E-state index is 12.4. The van der Waals surface area contributed by atoms with Gasteiger partial charge in [0.2, 0.25) is 11.0 Å². The van der Waals surface area contributed by atoms with E-state index in [0.29, 0.717) is 5.13 Å². The Labute approximate surface area is 153 Å². The Bertz CT molecular complexity index is 899. The lowest BCUT2D eigenvalue weighted by Crippen LogP contribution is -2.38. The van der Waals surface area contributed by atoms with Crippen molar-refractivity contribution in [3.05, 3.63) is 22.3 Å². The van der Waals surface area contributed by atoms with E-state index in [4.69, 9.17) is 0 Å². The summed E-state index contributed by atoms with van der Waals surface area (Å²) in [5.41, 5.74) is 2.87. The van der Waals surface area contributed by atoms with Crippen LogP contribution < -0.4 is 10.2 Å². The summed E-state index contributed by atoms with van der Waals surface area (Å²) in [6.45, 7) is 5.88. The first-order valence-electron chi connectivity index (χ1n) is 8.16. The Morgan fingerprint density at radius 2 is 2.08 bits per heavy atom. The zero-order valence-electron chi connectivity index (χ0n) is 14.0. The van der Waals surface area contributed by atoms with Gasteiger partial charge in [-0.2, -0.15) is 0 Å². The Hall–Kier alpha value is -2.13. The zero-order chi connectivity index (χ0) is 17.4. The van der Waals surface area contributed by atoms with E-state index in [2.05, 4.69) is 44.2 Å². The average Bonchev–Trinajstić information content (AvgIpc) is 3.23. The summed E-state index contributed by atoms with van der Waals surface area (Å²) in [4.78, 5) is 25.9. The van der Waals surface area contributed by atoms with E-state index in [1.165, 1.54) is 21.8 Å². The van der Waals surface area contributed by atoms with Gasteiger partial charge in [0, 0.05) is 23.9 Å². The van der Waals surface area contributed by atoms with Crippen molar-refractivity contribution in [1.82, 2.24) is 20.2 Å². The van der Waals surface area contributed by atoms with Crippen LogP contribution in [0.15, 0.2) is 11.8 Å². The second-order valence-corrected chi connectivity index (χ2v) is 8.19. The molecule has 0 radical (unpaired) electrons. The molecule has 7 nitrogen and oxygen atoms in total. The van der Waals surface area contributed by atoms with Crippen molar-refractivity contribution in [2.24, 2.45) is 5.92 Å². The molecular formula is C16H18N6OS2. The number of piperidine rings is 1. The molecule has 0 aliphatic carbocycles. The summed E-state index contributed by atoms with van der Waals surface area (Å²) in [5, 5.41) is 12.2. The van der Waals surface area contributed by atoms with E-state index in [9.17, 15) is 4.79 Å². The minimum Gasteiger partial charge on any atom is -0.356 e. The lowest BCUT2D eigenvalue weighted by atomic mass is 9.96. The Kier molecular flexibility index (Phi) is 4.34. The number of carbonyl (C=O) groups excluding carboxylic acids is 1. The molecule has 9 heteroatoms. The molecule has 0 atom stereocenters. The Balaban J connectivity index is 1.48. The van der Waals surface area contributed by atoms with Gasteiger partial charge in [0.05, 0.1) is 5.39 Å². The summed E-state index contributed by atoms with van der Waals surface area (Å²) in [5.74, 6) is 1.03. The van der Waals surface area contributed by atoms with E-state index in [1.54, 1.807) is 23.2 Å². The highest BCUT2D eigenvalue weighted by Crippen LogP contribution is 2.35. The second-order valence-electron chi connectivity index (χ2n) is 6.16. The van der Waals surface area contributed by atoms with Crippen molar-refractivity contribution in [3.63, 3.8) is 0 Å². The van der Waals surface area contributed by atoms with E-state index in [0.717, 1.165) is 42.0 Å². The maximum atomic E-state index is 12.4. The molecule has 25 heavy (non-hydrogen) atoms. The first-order valence-corrected chi connectivity index (χ1v) is 9.85. The number of nitrogens with zero attached hydrogens (tertiary/aromatic N) is 5. The van der Waals surface area contributed by atoms with Gasteiger partial charge >= 0.3 is 0 Å². The highest BCUT2D eigenvalue weighted by Gasteiger charge is 2.27. The minimum atomic E-state index is 0.00258. The predicted molar refractivity (Wildman–Crippen MR) is 100 cm³/mol. The van der Waals surface area contributed by atoms with E-state index in [1.807, 2.05) is 0 Å². The van der Waals surface area contributed by atoms with Crippen LogP contribution in [0.2, 0.25) is 0 Å². The fourth-order valence-corrected chi connectivity index (χ4v) is 4.63. The van der Waals surface area contributed by atoms with Gasteiger partial charge in [-0.25, -0.2) is 9.97 Å². The van der Waals surface area contributed by atoms with Gasteiger partial charge in [-0.15, -0.1) is 21.5 Å². The number of fused-ring (bicyclic) bond motifs is 1. The number of thiophene rings is 1. The first kappa shape index (κ1) is 16.3. The van der Waals surface area contributed by atoms with Crippen molar-refractivity contribution >= 4 is 49.7 Å². The molecule has 1 amide bonds. The quantitative estimate of drug-likeness (QED) is 0.759. The molecule has 3 aromatic rings. The second kappa shape index (κ2) is 6.64. The van der Waals surface area contributed by atoms with Crippen molar-refractivity contribution in [3.8, 4) is 0 Å². The summed E-state index contributed by atoms with van der Waals surface area (Å²) in [6.07, 6.45) is 3.25. The third kappa shape index (κ3) is 3.09. The standard InChI is InChI=1S/C16H18N6OS2/c1-9-10(2)25-15-12(9)13(17-7-18-15)22-5-3-11(4-6-22)14(23)20-16-21-19-8-24-16/h7-8,11H,3-6H2,1-2H3,(H,20,21,23). The highest BCUT2D eigenvalue weighted by molar-refractivity contribution is 7.18. The molecule has 0 saturated carbocycles. The topological polar surface area (TPSA) is 83.9 Å². The first-order chi connectivity index (χ1) is 12.1. The normalized spacial score (nSPS) is 15.7. The predicted octanol–water partition coefficient (Wildman–Crippen LogP) is 3.01. The van der Waals surface area contributed by atoms with E-state index in [-0.39, 0.29) is 11.8 Å². The molecule has 130 valence electrons. The molecule has 4 rings (SSSR count). The van der Waals surface area contributed by atoms with Crippen LogP contribution >= 0.6 is 22.7 Å². The fraction of sp³-hybridized carbons (Fsp3) is 0.438. The molecule has 0 spiro atoms. The van der Waals surface area contributed by atoms with Crippen molar-refractivity contribution in [2.45, 2.75) is 26.7 Å². The molecule has 0 unspecified atom stereocenters. The molecule has 1 aliphatic heterocycles. The summed E-state index contributed by atoms with van der Waals surface area (Å²) >= 11 is 3.05. The number of nitrogens with one attached hydrogen (secondary N) is 1. The van der Waals surface area contributed by atoms with Crippen LogP contribution in [0.3, 0.4) is 0 Å². The molecule has 1 N–H and O–H groups in total. The molecule has 1 aliphatic rings. The van der Waals surface area contributed by atoms with Crippen molar-refractivity contribution in [2.75, 3.05) is 23.3 Å². The van der Waals surface area contributed by atoms with Crippen LogP contribution in [-0.2, 0) is 4.79 Å². The maximum Gasteiger partial charge on any atom is 0.229 e. The number of anilines is 2. The molecule has 1 fully saturated rings. The van der Waals surface area contributed by atoms with Gasteiger partial charge in [0.25, 0.3) is 0 Å². The van der Waals surface area contributed by atoms with Crippen LogP contribution in [0.4, 0.5) is 10.9 Å². The number of hydrogen-bond acceptors (Lipinski definition) is 8. The molecule has 0 aromatic carbocycles. The number of amides is 1. The van der Waals surface area contributed by atoms with Crippen molar-refractivity contribution < 1.29 is 4.79 Å². The molecular weight excluding hydrogens is 356 g/mol. The molecule has 3 aromatic heterocycles. The number of carbonyl (C=O) groups is 1. The highest BCUT2D eigenvalue weighted by atomic mass is 32.1. The summed E-state index contributed by atoms with van der Waals surface area (Å²) < 4.78 is 0. The Morgan fingerprint density at radius 3 is 2.80 bits per heavy atom. The van der Waals surface area contributed by atoms with Crippen LogP contribution in [0, 0.1) is 19.8 Å². The summed E-state index contributed by atoms with van der Waals surface area (Å²) in [6, 6.07) is 0. The van der Waals surface area contributed by atoms with E-state index < -0.39 is 0 Å². The Morgan fingerprint density at radius 1 is 1.28 bits per heavy atom. The lowest BCUT2D eigenvalue weighted by molar-refractivity contribution is -0.120. The molecule has 4 heterocycles. The molecule has 0 bridgehead atoms. The van der Waals surface area contributed by atoms with Gasteiger partial charge in [-0.1, -0.05) is 11.3 Å². The number of aromatic nitrogens is 4. The van der Waals surface area contributed by atoms with Crippen molar-refractivity contribution in [1.29, 1.82) is 0 Å². The lowest BCUT2D eigenvalue weighted by Gasteiger charge is -2.32. The van der Waals surface area contributed by atoms with Crippen LogP contribution in [0.1, 0.15) is 23.3 Å². The van der Waals surface area contributed by atoms with Gasteiger partial charge < -0.3 is 10.2 Å². The van der Waals surface area contributed by atoms with Gasteiger partial charge in [0.15, 0.2) is 0 Å². The summed E-state index contributed by atoms with van der Waals surface area (Å²) in [7, 11) is 0. The van der Waals surface area contributed by atoms with Crippen LogP contribution in [-0.4, -0.2) is 39.2 Å². The third-order valence-electron chi connectivity index (χ3n) is 4.70. The third-order valence-corrected chi connectivity index (χ3v) is 6.42. The van der Waals surface area contributed by atoms with E-state index >= 15 is 0 Å². The van der Waals surface area contributed by atoms with Gasteiger partial charge in [-0.3, -0.25) is 4.79 Å². The van der Waals surface area contributed by atoms with Gasteiger partial charge in [0.1, 0.15) is 22.5 Å². The number of aryl methyl sites for hydroxylation is 2. The van der Waals surface area contributed by atoms with Gasteiger partial charge in [-0.05, 0) is 32.3 Å².